The lowest BCUT2D eigenvalue weighted by atomic mass is 9.65. The Morgan fingerprint density at radius 3 is 2.35 bits per heavy atom. The minimum atomic E-state index is 0.480. The van der Waals surface area contributed by atoms with E-state index in [0.29, 0.717) is 11.5 Å². The molecule has 0 bridgehead atoms. The Labute approximate surface area is 107 Å². The molecule has 100 valence electrons. The van der Waals surface area contributed by atoms with Crippen molar-refractivity contribution in [2.75, 3.05) is 0 Å². The highest BCUT2D eigenvalue weighted by atomic mass is 15.2. The Hall–Kier alpha value is -0.0800. The highest BCUT2D eigenvalue weighted by molar-refractivity contribution is 4.91. The molecule has 0 aromatic carbocycles. The maximum Gasteiger partial charge on any atom is 0.0246 e. The molecule has 2 saturated carbocycles. The summed E-state index contributed by atoms with van der Waals surface area (Å²) in [6.45, 7) is 4.88. The summed E-state index contributed by atoms with van der Waals surface area (Å²) in [6, 6.07) is 0.549. The molecule has 2 aliphatic rings. The largest absolute Gasteiger partial charge is 0.271 e. The smallest absolute Gasteiger partial charge is 0.0246 e. The van der Waals surface area contributed by atoms with Gasteiger partial charge in [-0.05, 0) is 36.5 Å². The lowest BCUT2D eigenvalue weighted by molar-refractivity contribution is 0.0877. The van der Waals surface area contributed by atoms with E-state index in [1.54, 1.807) is 0 Å². The lowest BCUT2D eigenvalue weighted by Crippen LogP contribution is -2.48. The quantitative estimate of drug-likeness (QED) is 0.580. The van der Waals surface area contributed by atoms with Gasteiger partial charge in [-0.25, -0.2) is 0 Å². The molecule has 0 spiro atoms. The van der Waals surface area contributed by atoms with Gasteiger partial charge in [-0.1, -0.05) is 52.4 Å². The van der Waals surface area contributed by atoms with Crippen molar-refractivity contribution in [1.82, 2.24) is 5.43 Å². The maximum absolute atomic E-state index is 5.85. The zero-order valence-corrected chi connectivity index (χ0v) is 11.7. The molecule has 2 unspecified atom stereocenters. The summed E-state index contributed by atoms with van der Waals surface area (Å²) in [5.74, 6) is 7.57. The molecule has 2 atom stereocenters. The highest BCUT2D eigenvalue weighted by Gasteiger charge is 2.38. The summed E-state index contributed by atoms with van der Waals surface area (Å²) in [6.07, 6.45) is 12.6. The number of rotatable bonds is 4. The van der Waals surface area contributed by atoms with Gasteiger partial charge in [0.25, 0.3) is 0 Å². The topological polar surface area (TPSA) is 38.0 Å². The van der Waals surface area contributed by atoms with Crippen molar-refractivity contribution >= 4 is 0 Å². The first-order valence-corrected chi connectivity index (χ1v) is 7.59. The van der Waals surface area contributed by atoms with Crippen LogP contribution in [0.15, 0.2) is 0 Å². The van der Waals surface area contributed by atoms with Crippen molar-refractivity contribution in [1.29, 1.82) is 0 Å². The molecule has 0 aliphatic heterocycles. The molecule has 0 radical (unpaired) electrons. The fourth-order valence-corrected chi connectivity index (χ4v) is 4.22. The molecular weight excluding hydrogens is 208 g/mol. The van der Waals surface area contributed by atoms with Gasteiger partial charge < -0.3 is 0 Å². The highest BCUT2D eigenvalue weighted by Crippen LogP contribution is 2.44. The average molecular weight is 238 g/mol. The van der Waals surface area contributed by atoms with Crippen molar-refractivity contribution in [3.05, 3.63) is 0 Å². The van der Waals surface area contributed by atoms with Crippen LogP contribution < -0.4 is 11.3 Å². The predicted octanol–water partition coefficient (Wildman–Crippen LogP) is 3.62. The summed E-state index contributed by atoms with van der Waals surface area (Å²) in [4.78, 5) is 0. The zero-order valence-electron chi connectivity index (χ0n) is 11.7. The van der Waals surface area contributed by atoms with E-state index < -0.39 is 0 Å². The first-order valence-electron chi connectivity index (χ1n) is 7.59. The summed E-state index contributed by atoms with van der Waals surface area (Å²) in [5.41, 5.74) is 3.63. The van der Waals surface area contributed by atoms with E-state index in [2.05, 4.69) is 19.3 Å². The molecule has 0 amide bonds. The monoisotopic (exact) mass is 238 g/mol. The van der Waals surface area contributed by atoms with Gasteiger partial charge in [0.2, 0.25) is 0 Å². The fraction of sp³-hybridized carbons (Fsp3) is 1.00. The molecule has 0 aromatic heterocycles. The van der Waals surface area contributed by atoms with E-state index in [9.17, 15) is 0 Å². The van der Waals surface area contributed by atoms with Crippen molar-refractivity contribution in [2.24, 2.45) is 23.1 Å². The van der Waals surface area contributed by atoms with Crippen LogP contribution in [0.5, 0.6) is 0 Å². The summed E-state index contributed by atoms with van der Waals surface area (Å²) in [5, 5.41) is 0. The van der Waals surface area contributed by atoms with Crippen LogP contribution in [-0.2, 0) is 0 Å². The summed E-state index contributed by atoms with van der Waals surface area (Å²) in [7, 11) is 0. The minimum absolute atomic E-state index is 0.480. The molecule has 2 aliphatic carbocycles. The number of nitrogens with one attached hydrogen (secondary N) is 1. The van der Waals surface area contributed by atoms with E-state index in [4.69, 9.17) is 5.84 Å². The first-order chi connectivity index (χ1) is 8.13. The minimum Gasteiger partial charge on any atom is -0.271 e. The molecule has 2 fully saturated rings. The van der Waals surface area contributed by atoms with Gasteiger partial charge in [0, 0.05) is 6.04 Å². The molecule has 3 N–H and O–H groups in total. The zero-order chi connectivity index (χ0) is 12.3. The van der Waals surface area contributed by atoms with Crippen LogP contribution in [0.3, 0.4) is 0 Å². The van der Waals surface area contributed by atoms with Crippen molar-refractivity contribution in [2.45, 2.75) is 77.7 Å². The summed E-state index contributed by atoms with van der Waals surface area (Å²) < 4.78 is 0. The van der Waals surface area contributed by atoms with Crippen molar-refractivity contribution in [3.8, 4) is 0 Å². The van der Waals surface area contributed by atoms with Crippen molar-refractivity contribution < 1.29 is 0 Å². The molecule has 0 heterocycles. The van der Waals surface area contributed by atoms with Gasteiger partial charge in [-0.15, -0.1) is 0 Å². The van der Waals surface area contributed by atoms with Crippen LogP contribution >= 0.6 is 0 Å². The average Bonchev–Trinajstić information content (AvgIpc) is 2.79. The molecule has 0 aromatic rings. The Morgan fingerprint density at radius 1 is 1.12 bits per heavy atom. The number of hydrogen-bond acceptors (Lipinski definition) is 2. The second-order valence-electron chi connectivity index (χ2n) is 7.00. The normalized spacial score (nSPS) is 31.6. The lowest BCUT2D eigenvalue weighted by Gasteiger charge is -2.43. The summed E-state index contributed by atoms with van der Waals surface area (Å²) >= 11 is 0. The van der Waals surface area contributed by atoms with Crippen molar-refractivity contribution in [3.63, 3.8) is 0 Å². The predicted molar refractivity (Wildman–Crippen MR) is 73.4 cm³/mol. The second kappa shape index (κ2) is 5.71. The number of hydrazine groups is 1. The van der Waals surface area contributed by atoms with Gasteiger partial charge in [-0.3, -0.25) is 11.3 Å². The van der Waals surface area contributed by atoms with Gasteiger partial charge in [0.1, 0.15) is 0 Å². The van der Waals surface area contributed by atoms with Crippen LogP contribution in [0.25, 0.3) is 0 Å². The third-order valence-corrected chi connectivity index (χ3v) is 5.35. The molecule has 2 heteroatoms. The van der Waals surface area contributed by atoms with E-state index in [1.807, 2.05) is 0 Å². The van der Waals surface area contributed by atoms with Gasteiger partial charge in [-0.2, -0.15) is 0 Å². The molecule has 2 nitrogen and oxygen atoms in total. The first kappa shape index (κ1) is 13.4. The van der Waals surface area contributed by atoms with Crippen LogP contribution in [0, 0.1) is 17.3 Å². The van der Waals surface area contributed by atoms with Crippen LogP contribution in [0.4, 0.5) is 0 Å². The van der Waals surface area contributed by atoms with Gasteiger partial charge >= 0.3 is 0 Å². The van der Waals surface area contributed by atoms with Gasteiger partial charge in [0.05, 0.1) is 0 Å². The van der Waals surface area contributed by atoms with Crippen LogP contribution in [-0.4, -0.2) is 6.04 Å². The Morgan fingerprint density at radius 2 is 1.76 bits per heavy atom. The fourth-order valence-electron chi connectivity index (χ4n) is 4.22. The van der Waals surface area contributed by atoms with Crippen LogP contribution in [0.2, 0.25) is 0 Å². The van der Waals surface area contributed by atoms with E-state index in [0.717, 1.165) is 11.8 Å². The number of hydrogen-bond donors (Lipinski definition) is 2. The Kier molecular flexibility index (Phi) is 4.48. The Bertz CT molecular complexity index is 231. The third kappa shape index (κ3) is 3.23. The number of nitrogens with two attached hydrogens (primary N) is 1. The van der Waals surface area contributed by atoms with Crippen LogP contribution in [0.1, 0.15) is 71.6 Å². The molecule has 17 heavy (non-hydrogen) atoms. The van der Waals surface area contributed by atoms with E-state index >= 15 is 0 Å². The Balaban J connectivity index is 1.95. The molecular formula is C15H30N2. The SMILES string of the molecule is CC1(C)CCCCC1C(CC1CCCC1)NN. The van der Waals surface area contributed by atoms with E-state index in [1.165, 1.54) is 57.8 Å². The van der Waals surface area contributed by atoms with E-state index in [-0.39, 0.29) is 0 Å². The maximum atomic E-state index is 5.85. The van der Waals surface area contributed by atoms with Gasteiger partial charge in [0.15, 0.2) is 0 Å². The molecule has 2 rings (SSSR count). The third-order valence-electron chi connectivity index (χ3n) is 5.35. The standard InChI is InChI=1S/C15H30N2/c1-15(2)10-6-5-9-13(15)14(17-16)11-12-7-3-4-8-12/h12-14,17H,3-11,16H2,1-2H3. The second-order valence-corrected chi connectivity index (χ2v) is 7.00. The molecule has 0 saturated heterocycles.